The predicted octanol–water partition coefficient (Wildman–Crippen LogP) is 2.88. The second-order valence-electron chi connectivity index (χ2n) is 5.14. The van der Waals surface area contributed by atoms with Crippen LogP contribution in [0.2, 0.25) is 0 Å². The standard InChI is InChI=1S/C18H20N2O4S/c1-4-12-24-18-15(6-5-7-17(18)23-3)13-19-20-25(21,22)16-10-8-14(2)9-11-16/h4-11,13,20H,1,12H2,2-3H3. The minimum Gasteiger partial charge on any atom is -0.493 e. The van der Waals surface area contributed by atoms with E-state index < -0.39 is 10.0 Å². The van der Waals surface area contributed by atoms with Gasteiger partial charge >= 0.3 is 0 Å². The van der Waals surface area contributed by atoms with Gasteiger partial charge in [-0.15, -0.1) is 0 Å². The van der Waals surface area contributed by atoms with E-state index in [0.29, 0.717) is 17.1 Å². The number of nitrogens with zero attached hydrogens (tertiary/aromatic N) is 1. The molecule has 0 aliphatic rings. The Hall–Kier alpha value is -2.80. The van der Waals surface area contributed by atoms with Crippen molar-refractivity contribution in [3.8, 4) is 11.5 Å². The third kappa shape index (κ3) is 4.84. The largest absolute Gasteiger partial charge is 0.493 e. The zero-order valence-electron chi connectivity index (χ0n) is 14.1. The number of hydrogen-bond acceptors (Lipinski definition) is 5. The number of methoxy groups -OCH3 is 1. The molecule has 6 nitrogen and oxygen atoms in total. The summed E-state index contributed by atoms with van der Waals surface area (Å²) < 4.78 is 35.3. The van der Waals surface area contributed by atoms with Crippen molar-refractivity contribution >= 4 is 16.2 Å². The molecule has 0 unspecified atom stereocenters. The summed E-state index contributed by atoms with van der Waals surface area (Å²) in [7, 11) is -2.20. The van der Waals surface area contributed by atoms with E-state index in [1.807, 2.05) is 6.92 Å². The maximum absolute atomic E-state index is 12.2. The van der Waals surface area contributed by atoms with Gasteiger partial charge in [-0.1, -0.05) is 36.4 Å². The first kappa shape index (κ1) is 18.5. The summed E-state index contributed by atoms with van der Waals surface area (Å²) in [5, 5.41) is 3.83. The summed E-state index contributed by atoms with van der Waals surface area (Å²) in [6.45, 7) is 5.78. The fourth-order valence-electron chi connectivity index (χ4n) is 2.03. The minimum atomic E-state index is -3.73. The van der Waals surface area contributed by atoms with Crippen molar-refractivity contribution in [3.05, 3.63) is 66.2 Å². The van der Waals surface area contributed by atoms with Crippen molar-refractivity contribution in [2.45, 2.75) is 11.8 Å². The lowest BCUT2D eigenvalue weighted by Crippen LogP contribution is -2.18. The lowest BCUT2D eigenvalue weighted by Gasteiger charge is -2.11. The van der Waals surface area contributed by atoms with Crippen LogP contribution in [-0.2, 0) is 10.0 Å². The molecule has 0 bridgehead atoms. The smallest absolute Gasteiger partial charge is 0.276 e. The topological polar surface area (TPSA) is 77.0 Å². The highest BCUT2D eigenvalue weighted by Crippen LogP contribution is 2.30. The molecular formula is C18H20N2O4S. The average molecular weight is 360 g/mol. The number of rotatable bonds is 8. The number of hydrazone groups is 1. The van der Waals surface area contributed by atoms with Gasteiger partial charge in [0.2, 0.25) is 0 Å². The Morgan fingerprint density at radius 3 is 2.56 bits per heavy atom. The molecule has 0 aliphatic carbocycles. The van der Waals surface area contributed by atoms with Crippen molar-refractivity contribution in [1.29, 1.82) is 0 Å². The van der Waals surface area contributed by atoms with Crippen molar-refractivity contribution < 1.29 is 17.9 Å². The lowest BCUT2D eigenvalue weighted by molar-refractivity contribution is 0.326. The Bertz CT molecular complexity index is 859. The van der Waals surface area contributed by atoms with E-state index in [0.717, 1.165) is 5.56 Å². The number of sulfonamides is 1. The highest BCUT2D eigenvalue weighted by Gasteiger charge is 2.13. The van der Waals surface area contributed by atoms with Gasteiger partial charge in [0, 0.05) is 5.56 Å². The van der Waals surface area contributed by atoms with Crippen LogP contribution in [0.1, 0.15) is 11.1 Å². The van der Waals surface area contributed by atoms with Crippen molar-refractivity contribution in [1.82, 2.24) is 4.83 Å². The Balaban J connectivity index is 2.21. The van der Waals surface area contributed by atoms with E-state index in [2.05, 4.69) is 16.5 Å². The number of aryl methyl sites for hydroxylation is 1. The molecule has 2 aromatic rings. The van der Waals surface area contributed by atoms with E-state index in [1.165, 1.54) is 25.5 Å². The summed E-state index contributed by atoms with van der Waals surface area (Å²) in [6.07, 6.45) is 2.97. The lowest BCUT2D eigenvalue weighted by atomic mass is 10.2. The fourth-order valence-corrected chi connectivity index (χ4v) is 2.82. The van der Waals surface area contributed by atoms with Crippen molar-refractivity contribution in [2.75, 3.05) is 13.7 Å². The Morgan fingerprint density at radius 2 is 1.92 bits per heavy atom. The third-order valence-corrected chi connectivity index (χ3v) is 4.52. The van der Waals surface area contributed by atoms with Gasteiger partial charge in [-0.3, -0.25) is 0 Å². The predicted molar refractivity (Wildman–Crippen MR) is 97.8 cm³/mol. The van der Waals surface area contributed by atoms with Gasteiger partial charge in [-0.2, -0.15) is 13.5 Å². The number of benzene rings is 2. The summed E-state index contributed by atoms with van der Waals surface area (Å²) in [4.78, 5) is 2.33. The molecule has 0 amide bonds. The molecule has 0 aliphatic heterocycles. The van der Waals surface area contributed by atoms with Gasteiger partial charge in [0.1, 0.15) is 6.61 Å². The second kappa shape index (κ2) is 8.34. The molecule has 2 aromatic carbocycles. The van der Waals surface area contributed by atoms with Crippen LogP contribution < -0.4 is 14.3 Å². The van der Waals surface area contributed by atoms with Crippen molar-refractivity contribution in [3.63, 3.8) is 0 Å². The third-order valence-electron chi connectivity index (χ3n) is 3.28. The van der Waals surface area contributed by atoms with Crippen molar-refractivity contribution in [2.24, 2.45) is 5.10 Å². The zero-order valence-corrected chi connectivity index (χ0v) is 14.9. The normalized spacial score (nSPS) is 11.3. The highest BCUT2D eigenvalue weighted by molar-refractivity contribution is 7.89. The van der Waals surface area contributed by atoms with Crippen LogP contribution in [0.25, 0.3) is 0 Å². The molecule has 0 radical (unpaired) electrons. The molecule has 0 aromatic heterocycles. The summed E-state index contributed by atoms with van der Waals surface area (Å²) >= 11 is 0. The minimum absolute atomic E-state index is 0.143. The van der Waals surface area contributed by atoms with Crippen LogP contribution in [0.4, 0.5) is 0 Å². The van der Waals surface area contributed by atoms with E-state index in [-0.39, 0.29) is 11.5 Å². The molecule has 132 valence electrons. The summed E-state index contributed by atoms with van der Waals surface area (Å²) in [5.74, 6) is 0.982. The maximum Gasteiger partial charge on any atom is 0.276 e. The molecule has 2 rings (SSSR count). The highest BCUT2D eigenvalue weighted by atomic mass is 32.2. The average Bonchev–Trinajstić information content (AvgIpc) is 2.60. The molecule has 7 heteroatoms. The number of para-hydroxylation sites is 1. The molecule has 0 atom stereocenters. The molecule has 0 saturated heterocycles. The molecule has 0 saturated carbocycles. The van der Waals surface area contributed by atoms with Crippen LogP contribution >= 0.6 is 0 Å². The zero-order chi connectivity index (χ0) is 18.3. The Morgan fingerprint density at radius 1 is 1.20 bits per heavy atom. The van der Waals surface area contributed by atoms with E-state index in [1.54, 1.807) is 36.4 Å². The second-order valence-corrected chi connectivity index (χ2v) is 6.81. The van der Waals surface area contributed by atoms with Gasteiger partial charge in [0.15, 0.2) is 11.5 Å². The molecule has 1 N–H and O–H groups in total. The van der Waals surface area contributed by atoms with Crippen LogP contribution in [-0.4, -0.2) is 28.3 Å². The van der Waals surface area contributed by atoms with E-state index in [9.17, 15) is 8.42 Å². The van der Waals surface area contributed by atoms with E-state index >= 15 is 0 Å². The quantitative estimate of drug-likeness (QED) is 0.446. The van der Waals surface area contributed by atoms with Gasteiger partial charge in [-0.25, -0.2) is 4.83 Å². The molecule has 25 heavy (non-hydrogen) atoms. The fraction of sp³-hybridized carbons (Fsp3) is 0.167. The van der Waals surface area contributed by atoms with Crippen LogP contribution in [0.15, 0.2) is 65.1 Å². The van der Waals surface area contributed by atoms with Gasteiger partial charge < -0.3 is 9.47 Å². The maximum atomic E-state index is 12.2. The van der Waals surface area contributed by atoms with Crippen LogP contribution in [0.3, 0.4) is 0 Å². The first-order valence-electron chi connectivity index (χ1n) is 7.50. The monoisotopic (exact) mass is 360 g/mol. The first-order valence-corrected chi connectivity index (χ1v) is 8.98. The summed E-state index contributed by atoms with van der Waals surface area (Å²) in [5.41, 5.74) is 1.55. The number of ether oxygens (including phenoxy) is 2. The summed E-state index contributed by atoms with van der Waals surface area (Å²) in [6, 6.07) is 11.7. The Kier molecular flexibility index (Phi) is 6.19. The SMILES string of the molecule is C=CCOc1c(C=NNS(=O)(=O)c2ccc(C)cc2)cccc1OC. The van der Waals surface area contributed by atoms with Gasteiger partial charge in [-0.05, 0) is 31.2 Å². The first-order chi connectivity index (χ1) is 12.0. The molecule has 0 heterocycles. The molecule has 0 fully saturated rings. The number of hydrogen-bond donors (Lipinski definition) is 1. The van der Waals surface area contributed by atoms with E-state index in [4.69, 9.17) is 9.47 Å². The van der Waals surface area contributed by atoms with Crippen LogP contribution in [0, 0.1) is 6.92 Å². The van der Waals surface area contributed by atoms with Gasteiger partial charge in [0.05, 0.1) is 18.2 Å². The van der Waals surface area contributed by atoms with Gasteiger partial charge in [0.25, 0.3) is 10.0 Å². The van der Waals surface area contributed by atoms with Crippen LogP contribution in [0.5, 0.6) is 11.5 Å². The number of nitrogens with one attached hydrogen (secondary N) is 1. The Labute approximate surface area is 147 Å². The molecule has 0 spiro atoms. The molecular weight excluding hydrogens is 340 g/mol.